The van der Waals surface area contributed by atoms with Crippen LogP contribution < -0.4 is 11.1 Å². The quantitative estimate of drug-likeness (QED) is 0.446. The van der Waals surface area contributed by atoms with E-state index in [2.05, 4.69) is 10.3 Å². The Morgan fingerprint density at radius 3 is 2.31 bits per heavy atom. The first kappa shape index (κ1) is 12.7. The van der Waals surface area contributed by atoms with Gasteiger partial charge in [-0.15, -0.1) is 0 Å². The largest absolute Gasteiger partial charge is 0.398 e. The van der Waals surface area contributed by atoms with E-state index in [9.17, 15) is 0 Å². The summed E-state index contributed by atoms with van der Waals surface area (Å²) >= 11 is 0. The molecule has 6 N–H and O–H groups in total. The number of aliphatic hydroxyl groups is 3. The molecule has 0 bridgehead atoms. The standard InChI is InChI=1S/C10H17N3O3/c1-7-3-12-9(2-8(7)11)13-10(4-14,5-15)6-16/h2-3,14-16H,4-6H2,1H3,(H3,11,12,13). The first-order valence-electron chi connectivity index (χ1n) is 4.90. The topological polar surface area (TPSA) is 112 Å². The average Bonchev–Trinajstić information content (AvgIpc) is 2.31. The molecular formula is C10H17N3O3. The van der Waals surface area contributed by atoms with E-state index in [1.807, 2.05) is 6.92 Å². The summed E-state index contributed by atoms with van der Waals surface area (Å²) < 4.78 is 0. The fourth-order valence-corrected chi connectivity index (χ4v) is 1.15. The normalized spacial score (nSPS) is 11.5. The first-order chi connectivity index (χ1) is 7.56. The molecule has 0 aliphatic heterocycles. The molecule has 90 valence electrons. The number of aryl methyl sites for hydroxylation is 1. The molecule has 0 aliphatic carbocycles. The number of pyridine rings is 1. The van der Waals surface area contributed by atoms with Gasteiger partial charge in [0.05, 0.1) is 19.8 Å². The molecule has 0 radical (unpaired) electrons. The summed E-state index contributed by atoms with van der Waals surface area (Å²) in [6.07, 6.45) is 1.58. The second-order valence-corrected chi connectivity index (χ2v) is 3.81. The van der Waals surface area contributed by atoms with Gasteiger partial charge in [0.1, 0.15) is 11.4 Å². The summed E-state index contributed by atoms with van der Waals surface area (Å²) in [6.45, 7) is 0.601. The zero-order valence-electron chi connectivity index (χ0n) is 9.14. The second kappa shape index (κ2) is 5.11. The Morgan fingerprint density at radius 2 is 1.88 bits per heavy atom. The lowest BCUT2D eigenvalue weighted by Gasteiger charge is -2.29. The van der Waals surface area contributed by atoms with Crippen LogP contribution in [0.5, 0.6) is 0 Å². The molecule has 6 nitrogen and oxygen atoms in total. The predicted octanol–water partition coefficient (Wildman–Crippen LogP) is -0.900. The van der Waals surface area contributed by atoms with Gasteiger partial charge < -0.3 is 26.4 Å². The highest BCUT2D eigenvalue weighted by Gasteiger charge is 2.28. The number of anilines is 2. The zero-order valence-corrected chi connectivity index (χ0v) is 9.14. The lowest BCUT2D eigenvalue weighted by molar-refractivity contribution is 0.0831. The third-order valence-corrected chi connectivity index (χ3v) is 2.45. The van der Waals surface area contributed by atoms with Gasteiger partial charge in [-0.1, -0.05) is 0 Å². The van der Waals surface area contributed by atoms with E-state index in [1.165, 1.54) is 0 Å². The maximum Gasteiger partial charge on any atom is 0.128 e. The van der Waals surface area contributed by atoms with Gasteiger partial charge in [-0.2, -0.15) is 0 Å². The van der Waals surface area contributed by atoms with E-state index in [1.54, 1.807) is 12.3 Å². The molecule has 6 heteroatoms. The van der Waals surface area contributed by atoms with Crippen molar-refractivity contribution >= 4 is 11.5 Å². The Kier molecular flexibility index (Phi) is 4.05. The van der Waals surface area contributed by atoms with Gasteiger partial charge in [-0.05, 0) is 12.5 Å². The van der Waals surface area contributed by atoms with Crippen molar-refractivity contribution in [3.05, 3.63) is 17.8 Å². The van der Waals surface area contributed by atoms with Crippen LogP contribution in [0.1, 0.15) is 5.56 Å². The van der Waals surface area contributed by atoms with Crippen molar-refractivity contribution < 1.29 is 15.3 Å². The van der Waals surface area contributed by atoms with Crippen LogP contribution in [-0.2, 0) is 0 Å². The number of rotatable bonds is 5. The van der Waals surface area contributed by atoms with E-state index < -0.39 is 25.4 Å². The molecule has 16 heavy (non-hydrogen) atoms. The Hall–Kier alpha value is -1.37. The monoisotopic (exact) mass is 227 g/mol. The SMILES string of the molecule is Cc1cnc(NC(CO)(CO)CO)cc1N. The van der Waals surface area contributed by atoms with Gasteiger partial charge in [-0.25, -0.2) is 4.98 Å². The number of nitrogens with zero attached hydrogens (tertiary/aromatic N) is 1. The molecule has 0 saturated heterocycles. The first-order valence-corrected chi connectivity index (χ1v) is 4.90. The summed E-state index contributed by atoms with van der Waals surface area (Å²) in [5.74, 6) is 0.403. The highest BCUT2D eigenvalue weighted by Crippen LogP contribution is 2.17. The Balaban J connectivity index is 2.89. The minimum Gasteiger partial charge on any atom is -0.398 e. The van der Waals surface area contributed by atoms with E-state index in [4.69, 9.17) is 21.1 Å². The lowest BCUT2D eigenvalue weighted by Crippen LogP contribution is -2.49. The van der Waals surface area contributed by atoms with Crippen molar-refractivity contribution in [3.63, 3.8) is 0 Å². The van der Waals surface area contributed by atoms with Crippen molar-refractivity contribution in [1.29, 1.82) is 0 Å². The molecule has 1 aromatic heterocycles. The summed E-state index contributed by atoms with van der Waals surface area (Å²) in [4.78, 5) is 4.04. The molecule has 0 saturated carbocycles. The van der Waals surface area contributed by atoms with Crippen molar-refractivity contribution in [1.82, 2.24) is 4.98 Å². The molecule has 0 aliphatic rings. The van der Waals surface area contributed by atoms with Crippen LogP contribution in [0, 0.1) is 6.92 Å². The van der Waals surface area contributed by atoms with Gasteiger partial charge in [0, 0.05) is 18.0 Å². The summed E-state index contributed by atoms with van der Waals surface area (Å²) in [7, 11) is 0. The number of aliphatic hydroxyl groups excluding tert-OH is 3. The van der Waals surface area contributed by atoms with Crippen molar-refractivity contribution in [2.24, 2.45) is 0 Å². The van der Waals surface area contributed by atoms with Crippen molar-refractivity contribution in [3.8, 4) is 0 Å². The van der Waals surface area contributed by atoms with E-state index in [0.29, 0.717) is 11.5 Å². The maximum absolute atomic E-state index is 9.12. The van der Waals surface area contributed by atoms with Crippen LogP contribution >= 0.6 is 0 Å². The number of nitrogens with two attached hydrogens (primary N) is 1. The fraction of sp³-hybridized carbons (Fsp3) is 0.500. The van der Waals surface area contributed by atoms with Crippen molar-refractivity contribution in [2.75, 3.05) is 30.9 Å². The van der Waals surface area contributed by atoms with Gasteiger partial charge in [0.15, 0.2) is 0 Å². The fourth-order valence-electron chi connectivity index (χ4n) is 1.15. The molecular weight excluding hydrogens is 210 g/mol. The Bertz CT molecular complexity index is 345. The van der Waals surface area contributed by atoms with Crippen molar-refractivity contribution in [2.45, 2.75) is 12.5 Å². The number of nitrogens with one attached hydrogen (secondary N) is 1. The summed E-state index contributed by atoms with van der Waals surface area (Å²) in [6, 6.07) is 1.59. The van der Waals surface area contributed by atoms with Gasteiger partial charge >= 0.3 is 0 Å². The molecule has 0 atom stereocenters. The lowest BCUT2D eigenvalue weighted by atomic mass is 10.0. The summed E-state index contributed by atoms with van der Waals surface area (Å²) in [5, 5.41) is 30.1. The third-order valence-electron chi connectivity index (χ3n) is 2.45. The predicted molar refractivity (Wildman–Crippen MR) is 61.0 cm³/mol. The van der Waals surface area contributed by atoms with E-state index in [-0.39, 0.29) is 0 Å². The van der Waals surface area contributed by atoms with Crippen LogP contribution in [0.4, 0.5) is 11.5 Å². The highest BCUT2D eigenvalue weighted by atomic mass is 16.3. The molecule has 0 aromatic carbocycles. The van der Waals surface area contributed by atoms with Crippen LogP contribution in [0.3, 0.4) is 0 Å². The van der Waals surface area contributed by atoms with Crippen LogP contribution in [-0.4, -0.2) is 45.7 Å². The van der Waals surface area contributed by atoms with Crippen LogP contribution in [0.25, 0.3) is 0 Å². The second-order valence-electron chi connectivity index (χ2n) is 3.81. The van der Waals surface area contributed by atoms with E-state index in [0.717, 1.165) is 5.56 Å². The number of nitrogen functional groups attached to an aromatic ring is 1. The zero-order chi connectivity index (χ0) is 12.2. The molecule has 0 amide bonds. The number of aromatic nitrogens is 1. The van der Waals surface area contributed by atoms with Gasteiger partial charge in [-0.3, -0.25) is 0 Å². The van der Waals surface area contributed by atoms with Gasteiger partial charge in [0.25, 0.3) is 0 Å². The molecule has 0 unspecified atom stereocenters. The molecule has 0 fully saturated rings. The summed E-state index contributed by atoms with van der Waals surface area (Å²) in [5.41, 5.74) is 5.91. The molecule has 1 heterocycles. The number of hydrogen-bond donors (Lipinski definition) is 5. The third kappa shape index (κ3) is 2.60. The van der Waals surface area contributed by atoms with Crippen LogP contribution in [0.15, 0.2) is 12.3 Å². The highest BCUT2D eigenvalue weighted by molar-refractivity contribution is 5.54. The Morgan fingerprint density at radius 1 is 1.31 bits per heavy atom. The minimum atomic E-state index is -1.19. The minimum absolute atomic E-state index is 0.403. The van der Waals surface area contributed by atoms with Crippen LogP contribution in [0.2, 0.25) is 0 Å². The van der Waals surface area contributed by atoms with E-state index >= 15 is 0 Å². The maximum atomic E-state index is 9.12. The molecule has 1 aromatic rings. The Labute approximate surface area is 93.7 Å². The smallest absolute Gasteiger partial charge is 0.128 e. The average molecular weight is 227 g/mol. The number of hydrogen-bond acceptors (Lipinski definition) is 6. The molecule has 0 spiro atoms. The van der Waals surface area contributed by atoms with Gasteiger partial charge in [0.2, 0.25) is 0 Å². The molecule has 1 rings (SSSR count).